The molecule has 6 nitrogen and oxygen atoms in total. The highest BCUT2D eigenvalue weighted by atomic mass is 16.5. The second kappa shape index (κ2) is 9.22. The zero-order chi connectivity index (χ0) is 20.8. The monoisotopic (exact) mass is 401 g/mol. The molecule has 0 bridgehead atoms. The number of imidazole rings is 1. The smallest absolute Gasteiger partial charge is 0.341 e. The molecule has 0 saturated carbocycles. The van der Waals surface area contributed by atoms with Gasteiger partial charge in [0.25, 0.3) is 0 Å². The third kappa shape index (κ3) is 4.66. The van der Waals surface area contributed by atoms with E-state index in [9.17, 15) is 4.79 Å². The van der Waals surface area contributed by atoms with Gasteiger partial charge < -0.3 is 13.9 Å². The van der Waals surface area contributed by atoms with Gasteiger partial charge in [-0.2, -0.15) is 0 Å². The van der Waals surface area contributed by atoms with Crippen LogP contribution in [0.4, 0.5) is 0 Å². The molecule has 0 aliphatic heterocycles. The topological polar surface area (TPSA) is 65.7 Å². The Morgan fingerprint density at radius 1 is 1.10 bits per heavy atom. The number of aryl methyl sites for hydroxylation is 2. The number of benzene rings is 1. The van der Waals surface area contributed by atoms with Crippen molar-refractivity contribution in [2.45, 2.75) is 26.4 Å². The van der Waals surface area contributed by atoms with E-state index in [-0.39, 0.29) is 12.6 Å². The lowest BCUT2D eigenvalue weighted by Crippen LogP contribution is -2.09. The third-order valence-corrected chi connectivity index (χ3v) is 4.78. The van der Waals surface area contributed by atoms with Crippen molar-refractivity contribution in [3.05, 3.63) is 95.7 Å². The fourth-order valence-corrected chi connectivity index (χ4v) is 3.25. The van der Waals surface area contributed by atoms with Gasteiger partial charge in [-0.3, -0.25) is 4.98 Å². The van der Waals surface area contributed by atoms with Gasteiger partial charge in [0.2, 0.25) is 0 Å². The van der Waals surface area contributed by atoms with Gasteiger partial charge in [-0.25, -0.2) is 9.78 Å². The number of fused-ring (bicyclic) bond motifs is 1. The average Bonchev–Trinajstić information content (AvgIpc) is 3.21. The zero-order valence-electron chi connectivity index (χ0n) is 16.8. The fourth-order valence-electron chi connectivity index (χ4n) is 3.25. The Labute approximate surface area is 175 Å². The second-order valence-corrected chi connectivity index (χ2v) is 7.04. The fraction of sp³-hybridized carbons (Fsp3) is 0.208. The lowest BCUT2D eigenvalue weighted by molar-refractivity contribution is 0.0495. The maximum atomic E-state index is 12.5. The van der Waals surface area contributed by atoms with E-state index >= 15 is 0 Å². The van der Waals surface area contributed by atoms with E-state index in [0.717, 1.165) is 35.3 Å². The van der Waals surface area contributed by atoms with Crippen molar-refractivity contribution in [2.75, 3.05) is 6.61 Å². The van der Waals surface area contributed by atoms with Crippen LogP contribution in [0.2, 0.25) is 0 Å². The molecule has 6 heteroatoms. The number of aromatic nitrogens is 3. The number of hydrogen-bond acceptors (Lipinski definition) is 5. The van der Waals surface area contributed by atoms with Crippen molar-refractivity contribution >= 4 is 11.6 Å². The van der Waals surface area contributed by atoms with Crippen molar-refractivity contribution in [3.8, 4) is 5.75 Å². The minimum Gasteiger partial charge on any atom is -0.486 e. The number of pyridine rings is 2. The minimum atomic E-state index is -0.386. The first-order valence-electron chi connectivity index (χ1n) is 9.92. The Morgan fingerprint density at radius 3 is 2.83 bits per heavy atom. The Bertz CT molecular complexity index is 1140. The number of rotatable bonds is 8. The van der Waals surface area contributed by atoms with Gasteiger partial charge in [-0.15, -0.1) is 0 Å². The summed E-state index contributed by atoms with van der Waals surface area (Å²) in [5.41, 5.74) is 4.33. The van der Waals surface area contributed by atoms with E-state index < -0.39 is 0 Å². The van der Waals surface area contributed by atoms with E-state index in [0.29, 0.717) is 17.9 Å². The van der Waals surface area contributed by atoms with Crippen molar-refractivity contribution in [1.82, 2.24) is 14.4 Å². The first-order chi connectivity index (χ1) is 14.7. The quantitative estimate of drug-likeness (QED) is 0.323. The molecule has 0 aliphatic rings. The number of hydrogen-bond donors (Lipinski definition) is 0. The molecule has 0 atom stereocenters. The summed E-state index contributed by atoms with van der Waals surface area (Å²) >= 11 is 0. The SMILES string of the molecule is Cc1cccn2cc(COc3ccccc3C(=O)OCCCc3cccnc3)nc12. The third-order valence-electron chi connectivity index (χ3n) is 4.78. The standard InChI is InChI=1S/C24H23N3O3/c1-18-7-5-13-27-16-20(26-23(18)27)17-30-22-11-3-2-10-21(22)24(28)29-14-6-9-19-8-4-12-25-15-19/h2-5,7-8,10-13,15-16H,6,9,14,17H2,1H3. The van der Waals surface area contributed by atoms with E-state index in [1.54, 1.807) is 24.4 Å². The summed E-state index contributed by atoms with van der Waals surface area (Å²) in [6.07, 6.45) is 9.00. The average molecular weight is 401 g/mol. The zero-order valence-corrected chi connectivity index (χ0v) is 16.8. The molecule has 0 fully saturated rings. The summed E-state index contributed by atoms with van der Waals surface area (Å²) in [6, 6.07) is 15.0. The van der Waals surface area contributed by atoms with Crippen LogP contribution in [0.25, 0.3) is 5.65 Å². The van der Waals surface area contributed by atoms with Crippen LogP contribution in [0, 0.1) is 6.92 Å². The molecule has 4 aromatic rings. The van der Waals surface area contributed by atoms with Gasteiger partial charge >= 0.3 is 5.97 Å². The molecule has 0 N–H and O–H groups in total. The highest BCUT2D eigenvalue weighted by Crippen LogP contribution is 2.21. The second-order valence-electron chi connectivity index (χ2n) is 7.04. The Kier molecular flexibility index (Phi) is 6.03. The minimum absolute atomic E-state index is 0.270. The molecule has 3 heterocycles. The highest BCUT2D eigenvalue weighted by Gasteiger charge is 2.14. The maximum Gasteiger partial charge on any atom is 0.341 e. The molecule has 0 aliphatic carbocycles. The summed E-state index contributed by atoms with van der Waals surface area (Å²) in [7, 11) is 0. The van der Waals surface area contributed by atoms with Crippen LogP contribution in [0.5, 0.6) is 5.75 Å². The largest absolute Gasteiger partial charge is 0.486 e. The van der Waals surface area contributed by atoms with Gasteiger partial charge in [0, 0.05) is 24.8 Å². The Morgan fingerprint density at radius 2 is 2.00 bits per heavy atom. The first kappa shape index (κ1) is 19.6. The number of carbonyl (C=O) groups is 1. The predicted molar refractivity (Wildman–Crippen MR) is 114 cm³/mol. The van der Waals surface area contributed by atoms with Gasteiger partial charge in [0.05, 0.1) is 12.3 Å². The lowest BCUT2D eigenvalue weighted by Gasteiger charge is -2.10. The molecule has 0 amide bonds. The number of para-hydroxylation sites is 1. The van der Waals surface area contributed by atoms with E-state index in [4.69, 9.17) is 9.47 Å². The molecule has 4 rings (SSSR count). The van der Waals surface area contributed by atoms with Crippen LogP contribution in [0.3, 0.4) is 0 Å². The predicted octanol–water partition coefficient (Wildman–Crippen LogP) is 4.41. The maximum absolute atomic E-state index is 12.5. The molecule has 0 radical (unpaired) electrons. The number of ether oxygens (including phenoxy) is 2. The molecular weight excluding hydrogens is 378 g/mol. The molecule has 1 aromatic carbocycles. The van der Waals surface area contributed by atoms with Crippen LogP contribution in [0.15, 0.2) is 73.3 Å². The van der Waals surface area contributed by atoms with Crippen molar-refractivity contribution in [3.63, 3.8) is 0 Å². The lowest BCUT2D eigenvalue weighted by atomic mass is 10.2. The van der Waals surface area contributed by atoms with Crippen LogP contribution in [-0.4, -0.2) is 26.9 Å². The number of carbonyl (C=O) groups excluding carboxylic acids is 1. The first-order valence-corrected chi connectivity index (χ1v) is 9.92. The van der Waals surface area contributed by atoms with Crippen molar-refractivity contribution < 1.29 is 14.3 Å². The van der Waals surface area contributed by atoms with Gasteiger partial charge in [0.1, 0.15) is 23.6 Å². The van der Waals surface area contributed by atoms with Gasteiger partial charge in [0.15, 0.2) is 0 Å². The molecule has 3 aromatic heterocycles. The summed E-state index contributed by atoms with van der Waals surface area (Å²) < 4.78 is 13.3. The van der Waals surface area contributed by atoms with Crippen LogP contribution in [0.1, 0.15) is 33.6 Å². The van der Waals surface area contributed by atoms with Crippen molar-refractivity contribution in [2.24, 2.45) is 0 Å². The highest BCUT2D eigenvalue weighted by molar-refractivity contribution is 5.92. The molecule has 152 valence electrons. The van der Waals surface area contributed by atoms with Crippen LogP contribution >= 0.6 is 0 Å². The number of nitrogens with zero attached hydrogens (tertiary/aromatic N) is 3. The molecule has 0 spiro atoms. The molecule has 30 heavy (non-hydrogen) atoms. The number of esters is 1. The van der Waals surface area contributed by atoms with Gasteiger partial charge in [-0.05, 0) is 55.2 Å². The Balaban J connectivity index is 1.35. The van der Waals surface area contributed by atoms with E-state index in [1.165, 1.54) is 0 Å². The van der Waals surface area contributed by atoms with Crippen LogP contribution in [-0.2, 0) is 17.8 Å². The van der Waals surface area contributed by atoms with Crippen LogP contribution < -0.4 is 4.74 Å². The van der Waals surface area contributed by atoms with E-state index in [1.807, 2.05) is 60.2 Å². The molecule has 0 saturated heterocycles. The summed E-state index contributed by atoms with van der Waals surface area (Å²) in [4.78, 5) is 21.2. The normalized spacial score (nSPS) is 10.8. The van der Waals surface area contributed by atoms with E-state index in [2.05, 4.69) is 9.97 Å². The summed E-state index contributed by atoms with van der Waals surface area (Å²) in [6.45, 7) is 2.63. The molecular formula is C24H23N3O3. The summed E-state index contributed by atoms with van der Waals surface area (Å²) in [5, 5.41) is 0. The summed E-state index contributed by atoms with van der Waals surface area (Å²) in [5.74, 6) is 0.103. The van der Waals surface area contributed by atoms with Crippen molar-refractivity contribution in [1.29, 1.82) is 0 Å². The molecule has 0 unspecified atom stereocenters. The van der Waals surface area contributed by atoms with Gasteiger partial charge in [-0.1, -0.05) is 24.3 Å². The Hall–Kier alpha value is -3.67.